The Labute approximate surface area is 161 Å². The second-order valence-corrected chi connectivity index (χ2v) is 7.67. The molecule has 1 unspecified atom stereocenters. The quantitative estimate of drug-likeness (QED) is 0.793. The summed E-state index contributed by atoms with van der Waals surface area (Å²) >= 11 is 0. The number of ether oxygens (including phenoxy) is 1. The molecular formula is C21H31N3O3. The van der Waals surface area contributed by atoms with Crippen LogP contribution >= 0.6 is 0 Å². The van der Waals surface area contributed by atoms with Crippen molar-refractivity contribution in [3.05, 3.63) is 29.3 Å². The molecule has 0 spiro atoms. The maximum Gasteiger partial charge on any atom is 0.237 e. The third kappa shape index (κ3) is 5.22. The monoisotopic (exact) mass is 373 g/mol. The Morgan fingerprint density at radius 2 is 1.89 bits per heavy atom. The molecule has 6 heteroatoms. The lowest BCUT2D eigenvalue weighted by atomic mass is 10.1. The summed E-state index contributed by atoms with van der Waals surface area (Å²) in [6.07, 6.45) is 2.58. The van der Waals surface area contributed by atoms with Gasteiger partial charge >= 0.3 is 0 Å². The minimum atomic E-state index is -0.129. The highest BCUT2D eigenvalue weighted by Gasteiger charge is 2.30. The molecule has 1 N–H and O–H groups in total. The van der Waals surface area contributed by atoms with E-state index >= 15 is 0 Å². The van der Waals surface area contributed by atoms with Gasteiger partial charge in [0.1, 0.15) is 5.75 Å². The first kappa shape index (κ1) is 19.7. The third-order valence-corrected chi connectivity index (χ3v) is 5.65. The van der Waals surface area contributed by atoms with E-state index in [1.165, 1.54) is 5.56 Å². The van der Waals surface area contributed by atoms with Crippen LogP contribution in [0.15, 0.2) is 18.2 Å². The highest BCUT2D eigenvalue weighted by atomic mass is 16.5. The van der Waals surface area contributed by atoms with Crippen molar-refractivity contribution in [2.45, 2.75) is 52.1 Å². The molecule has 0 bridgehead atoms. The Hall–Kier alpha value is -2.08. The molecule has 2 amide bonds. The first-order chi connectivity index (χ1) is 13.0. The molecule has 0 aromatic heterocycles. The van der Waals surface area contributed by atoms with E-state index in [0.29, 0.717) is 32.2 Å². The van der Waals surface area contributed by atoms with Crippen LogP contribution in [-0.2, 0) is 9.59 Å². The first-order valence-corrected chi connectivity index (χ1v) is 9.97. The van der Waals surface area contributed by atoms with Crippen LogP contribution in [0.3, 0.4) is 0 Å². The van der Waals surface area contributed by atoms with Gasteiger partial charge in [0, 0.05) is 32.2 Å². The molecule has 1 aliphatic heterocycles. The number of nitrogens with one attached hydrogen (secondary N) is 1. The number of amides is 2. The predicted molar refractivity (Wildman–Crippen MR) is 105 cm³/mol. The molecule has 1 atom stereocenters. The number of hydrogen-bond acceptors (Lipinski definition) is 4. The highest BCUT2D eigenvalue weighted by molar-refractivity contribution is 5.82. The zero-order valence-electron chi connectivity index (χ0n) is 16.7. The lowest BCUT2D eigenvalue weighted by molar-refractivity contribution is -0.134. The summed E-state index contributed by atoms with van der Waals surface area (Å²) in [5, 5.41) is 3.06. The molecule has 1 saturated heterocycles. The van der Waals surface area contributed by atoms with Gasteiger partial charge in [-0.3, -0.25) is 14.5 Å². The van der Waals surface area contributed by atoms with Gasteiger partial charge in [-0.2, -0.15) is 0 Å². The van der Waals surface area contributed by atoms with E-state index in [-0.39, 0.29) is 17.9 Å². The first-order valence-electron chi connectivity index (χ1n) is 9.97. The largest absolute Gasteiger partial charge is 0.493 e. The van der Waals surface area contributed by atoms with Crippen molar-refractivity contribution in [1.29, 1.82) is 0 Å². The van der Waals surface area contributed by atoms with E-state index in [1.807, 2.05) is 30.9 Å². The second-order valence-electron chi connectivity index (χ2n) is 7.67. The van der Waals surface area contributed by atoms with Crippen molar-refractivity contribution in [2.24, 2.45) is 0 Å². The summed E-state index contributed by atoms with van der Waals surface area (Å²) in [7, 11) is 0. The molecule has 0 radical (unpaired) electrons. The van der Waals surface area contributed by atoms with E-state index in [0.717, 1.165) is 37.2 Å². The van der Waals surface area contributed by atoms with Crippen molar-refractivity contribution in [2.75, 3.05) is 32.8 Å². The van der Waals surface area contributed by atoms with Gasteiger partial charge < -0.3 is 15.0 Å². The predicted octanol–water partition coefficient (Wildman–Crippen LogP) is 1.88. The van der Waals surface area contributed by atoms with Crippen LogP contribution in [0.25, 0.3) is 0 Å². The number of aryl methyl sites for hydroxylation is 1. The highest BCUT2D eigenvalue weighted by Crippen LogP contribution is 2.21. The van der Waals surface area contributed by atoms with Crippen molar-refractivity contribution in [1.82, 2.24) is 15.1 Å². The maximum atomic E-state index is 12.5. The van der Waals surface area contributed by atoms with Crippen LogP contribution in [0, 0.1) is 13.8 Å². The number of piperazine rings is 1. The number of nitrogens with zero attached hydrogens (tertiary/aromatic N) is 2. The van der Waals surface area contributed by atoms with Crippen LogP contribution in [0.1, 0.15) is 37.3 Å². The summed E-state index contributed by atoms with van der Waals surface area (Å²) in [4.78, 5) is 28.7. The van der Waals surface area contributed by atoms with Gasteiger partial charge in [0.2, 0.25) is 11.8 Å². The molecule has 27 heavy (non-hydrogen) atoms. The normalized spacial score (nSPS) is 18.9. The van der Waals surface area contributed by atoms with Crippen molar-refractivity contribution in [3.63, 3.8) is 0 Å². The Balaban J connectivity index is 1.39. The molecule has 148 valence electrons. The Bertz CT molecular complexity index is 679. The fourth-order valence-corrected chi connectivity index (χ4v) is 3.36. The van der Waals surface area contributed by atoms with Gasteiger partial charge in [-0.05, 0) is 50.8 Å². The summed E-state index contributed by atoms with van der Waals surface area (Å²) in [5.41, 5.74) is 2.31. The molecule has 1 aliphatic carbocycles. The topological polar surface area (TPSA) is 61.9 Å². The van der Waals surface area contributed by atoms with Crippen LogP contribution in [-0.4, -0.2) is 66.5 Å². The molecule has 1 saturated carbocycles. The average Bonchev–Trinajstić information content (AvgIpc) is 3.48. The standard InChI is InChI=1S/C21H31N3O3/c1-15-5-4-6-19(16(15)2)27-14-9-20(25)24-12-10-23(11-13-24)17(3)21(26)22-18-7-8-18/h4-6,17-18H,7-14H2,1-3H3,(H,22,26). The Morgan fingerprint density at radius 3 is 2.56 bits per heavy atom. The molecular weight excluding hydrogens is 342 g/mol. The number of carbonyl (C=O) groups excluding carboxylic acids is 2. The summed E-state index contributed by atoms with van der Waals surface area (Å²) in [6.45, 7) is 9.25. The SMILES string of the molecule is Cc1cccc(OCCC(=O)N2CCN(C(C)C(=O)NC3CC3)CC2)c1C. The molecule has 6 nitrogen and oxygen atoms in total. The number of carbonyl (C=O) groups is 2. The van der Waals surface area contributed by atoms with E-state index in [9.17, 15) is 9.59 Å². The van der Waals surface area contributed by atoms with Crippen molar-refractivity contribution in [3.8, 4) is 5.75 Å². The third-order valence-electron chi connectivity index (χ3n) is 5.65. The molecule has 1 aromatic rings. The zero-order chi connectivity index (χ0) is 19.4. The number of benzene rings is 1. The van der Waals surface area contributed by atoms with E-state index in [2.05, 4.69) is 23.2 Å². The molecule has 3 rings (SSSR count). The lowest BCUT2D eigenvalue weighted by Gasteiger charge is -2.37. The fraction of sp³-hybridized carbons (Fsp3) is 0.619. The van der Waals surface area contributed by atoms with Gasteiger partial charge in [-0.15, -0.1) is 0 Å². The summed E-state index contributed by atoms with van der Waals surface area (Å²) in [6, 6.07) is 6.23. The Morgan fingerprint density at radius 1 is 1.19 bits per heavy atom. The average molecular weight is 373 g/mol. The molecule has 2 fully saturated rings. The van der Waals surface area contributed by atoms with E-state index in [4.69, 9.17) is 4.74 Å². The number of rotatable bonds is 7. The molecule has 2 aliphatic rings. The second kappa shape index (κ2) is 8.74. The van der Waals surface area contributed by atoms with Crippen molar-refractivity contribution >= 4 is 11.8 Å². The minimum Gasteiger partial charge on any atom is -0.493 e. The van der Waals surface area contributed by atoms with Crippen LogP contribution in [0.5, 0.6) is 5.75 Å². The summed E-state index contributed by atoms with van der Waals surface area (Å²) < 4.78 is 5.80. The van der Waals surface area contributed by atoms with Gasteiger partial charge in [0.15, 0.2) is 0 Å². The van der Waals surface area contributed by atoms with E-state index in [1.54, 1.807) is 0 Å². The van der Waals surface area contributed by atoms with Gasteiger partial charge in [-0.1, -0.05) is 12.1 Å². The van der Waals surface area contributed by atoms with Crippen LogP contribution in [0.2, 0.25) is 0 Å². The van der Waals surface area contributed by atoms with E-state index < -0.39 is 0 Å². The zero-order valence-corrected chi connectivity index (χ0v) is 16.7. The fourth-order valence-electron chi connectivity index (χ4n) is 3.36. The van der Waals surface area contributed by atoms with Gasteiger partial charge in [0.05, 0.1) is 19.1 Å². The lowest BCUT2D eigenvalue weighted by Crippen LogP contribution is -2.55. The van der Waals surface area contributed by atoms with Gasteiger partial charge in [0.25, 0.3) is 0 Å². The summed E-state index contributed by atoms with van der Waals surface area (Å²) in [5.74, 6) is 1.08. The smallest absolute Gasteiger partial charge is 0.237 e. The minimum absolute atomic E-state index is 0.110. The molecule has 1 heterocycles. The van der Waals surface area contributed by atoms with Crippen LogP contribution in [0.4, 0.5) is 0 Å². The Kier molecular flexibility index (Phi) is 6.37. The van der Waals surface area contributed by atoms with Crippen molar-refractivity contribution < 1.29 is 14.3 Å². The number of hydrogen-bond donors (Lipinski definition) is 1. The maximum absolute atomic E-state index is 12.5. The molecule has 1 aromatic carbocycles. The van der Waals surface area contributed by atoms with Gasteiger partial charge in [-0.25, -0.2) is 0 Å². The van der Waals surface area contributed by atoms with Crippen LogP contribution < -0.4 is 10.1 Å².